The largest absolute Gasteiger partial charge is 0.455 e. The Morgan fingerprint density at radius 1 is 0.781 bits per heavy atom. The lowest BCUT2D eigenvalue weighted by Crippen LogP contribution is -2.28. The molecule has 5 rings (SSSR count). The third-order valence-electron chi connectivity index (χ3n) is 6.01. The van der Waals surface area contributed by atoms with E-state index in [9.17, 15) is 19.2 Å². The van der Waals surface area contributed by atoms with E-state index < -0.39 is 23.9 Å². The summed E-state index contributed by atoms with van der Waals surface area (Å²) in [6.07, 6.45) is 1.39. The topological polar surface area (TPSA) is 89.5 Å². The summed E-state index contributed by atoms with van der Waals surface area (Å²) in [7, 11) is 0. The molecule has 0 aliphatic heterocycles. The van der Waals surface area contributed by atoms with Crippen LogP contribution in [0.15, 0.2) is 72.8 Å². The van der Waals surface area contributed by atoms with Gasteiger partial charge >= 0.3 is 5.97 Å². The molecule has 2 aliphatic rings. The summed E-state index contributed by atoms with van der Waals surface area (Å²) in [5.41, 5.74) is 1.85. The molecule has 1 N–H and O–H groups in total. The summed E-state index contributed by atoms with van der Waals surface area (Å²) in [6.45, 7) is -0.430. The second-order valence-corrected chi connectivity index (χ2v) is 8.04. The van der Waals surface area contributed by atoms with Crippen LogP contribution in [0.2, 0.25) is 0 Å². The lowest BCUT2D eigenvalue weighted by molar-refractivity contribution is -0.150. The maximum atomic E-state index is 12.8. The SMILES string of the molecule is O=C(COC(=O)C1(c2ccccc2)CC1)Nc1ccc2c(c1)C(=O)c1ccccc1C2=O. The van der Waals surface area contributed by atoms with E-state index in [4.69, 9.17) is 4.74 Å². The van der Waals surface area contributed by atoms with Crippen molar-refractivity contribution in [2.24, 2.45) is 0 Å². The van der Waals surface area contributed by atoms with Crippen LogP contribution in [0.3, 0.4) is 0 Å². The Morgan fingerprint density at radius 2 is 1.38 bits per heavy atom. The lowest BCUT2D eigenvalue weighted by atomic mass is 9.84. The van der Waals surface area contributed by atoms with Crippen molar-refractivity contribution in [3.63, 3.8) is 0 Å². The third-order valence-corrected chi connectivity index (χ3v) is 6.01. The minimum atomic E-state index is -0.659. The van der Waals surface area contributed by atoms with Gasteiger partial charge in [0.15, 0.2) is 18.2 Å². The van der Waals surface area contributed by atoms with Crippen molar-refractivity contribution < 1.29 is 23.9 Å². The summed E-state index contributed by atoms with van der Waals surface area (Å²) in [5.74, 6) is -1.42. The van der Waals surface area contributed by atoms with Gasteiger partial charge in [-0.3, -0.25) is 19.2 Å². The van der Waals surface area contributed by atoms with E-state index in [1.54, 1.807) is 30.3 Å². The maximum absolute atomic E-state index is 12.8. The van der Waals surface area contributed by atoms with Crippen LogP contribution in [-0.2, 0) is 19.7 Å². The number of nitrogens with one attached hydrogen (secondary N) is 1. The fourth-order valence-corrected chi connectivity index (χ4v) is 4.14. The number of esters is 1. The Kier molecular flexibility index (Phi) is 4.70. The number of fused-ring (bicyclic) bond motifs is 2. The zero-order valence-corrected chi connectivity index (χ0v) is 17.1. The van der Waals surface area contributed by atoms with E-state index in [0.717, 1.165) is 5.56 Å². The predicted octanol–water partition coefficient (Wildman–Crippen LogP) is 3.68. The Balaban J connectivity index is 1.26. The smallest absolute Gasteiger partial charge is 0.317 e. The van der Waals surface area contributed by atoms with Gasteiger partial charge in [-0.25, -0.2) is 0 Å². The van der Waals surface area contributed by atoms with Gasteiger partial charge in [-0.1, -0.05) is 54.6 Å². The van der Waals surface area contributed by atoms with Crippen LogP contribution < -0.4 is 5.32 Å². The van der Waals surface area contributed by atoms with Crippen molar-refractivity contribution in [3.05, 3.63) is 101 Å². The first kappa shape index (κ1) is 19.9. The summed E-state index contributed by atoms with van der Waals surface area (Å²) in [5, 5.41) is 2.64. The van der Waals surface area contributed by atoms with Gasteiger partial charge in [-0.2, -0.15) is 0 Å². The van der Waals surface area contributed by atoms with E-state index in [1.807, 2.05) is 30.3 Å². The van der Waals surface area contributed by atoms with E-state index >= 15 is 0 Å². The summed E-state index contributed by atoms with van der Waals surface area (Å²) in [6, 6.07) is 20.6. The predicted molar refractivity (Wildman–Crippen MR) is 117 cm³/mol. The average molecular weight is 425 g/mol. The molecule has 0 atom stereocenters. The van der Waals surface area contributed by atoms with Crippen LogP contribution in [0.25, 0.3) is 0 Å². The van der Waals surface area contributed by atoms with Crippen molar-refractivity contribution in [1.29, 1.82) is 0 Å². The molecule has 3 aromatic rings. The van der Waals surface area contributed by atoms with Crippen LogP contribution in [0.1, 0.15) is 50.2 Å². The number of benzene rings is 3. The van der Waals surface area contributed by atoms with Gasteiger partial charge < -0.3 is 10.1 Å². The third kappa shape index (κ3) is 3.30. The van der Waals surface area contributed by atoms with Gasteiger partial charge in [-0.05, 0) is 36.6 Å². The number of ether oxygens (including phenoxy) is 1. The minimum Gasteiger partial charge on any atom is -0.455 e. The van der Waals surface area contributed by atoms with Crippen molar-refractivity contribution in [2.45, 2.75) is 18.3 Å². The van der Waals surface area contributed by atoms with Gasteiger partial charge in [0.25, 0.3) is 5.91 Å². The molecule has 0 heterocycles. The quantitative estimate of drug-likeness (QED) is 0.493. The molecule has 0 aromatic heterocycles. The van der Waals surface area contributed by atoms with Gasteiger partial charge in [0, 0.05) is 27.9 Å². The van der Waals surface area contributed by atoms with E-state index in [0.29, 0.717) is 35.2 Å². The highest BCUT2D eigenvalue weighted by Gasteiger charge is 2.52. The maximum Gasteiger partial charge on any atom is 0.317 e. The van der Waals surface area contributed by atoms with Crippen molar-refractivity contribution in [2.75, 3.05) is 11.9 Å². The van der Waals surface area contributed by atoms with Crippen LogP contribution >= 0.6 is 0 Å². The fourth-order valence-electron chi connectivity index (χ4n) is 4.14. The van der Waals surface area contributed by atoms with Gasteiger partial charge in [-0.15, -0.1) is 0 Å². The Morgan fingerprint density at radius 3 is 2.03 bits per heavy atom. The number of hydrogen-bond acceptors (Lipinski definition) is 5. The Hall–Kier alpha value is -4.06. The van der Waals surface area contributed by atoms with Crippen molar-refractivity contribution in [3.8, 4) is 0 Å². The molecule has 0 radical (unpaired) electrons. The summed E-state index contributed by atoms with van der Waals surface area (Å²) >= 11 is 0. The van der Waals surface area contributed by atoms with Crippen LogP contribution in [-0.4, -0.2) is 30.0 Å². The van der Waals surface area contributed by atoms with Crippen LogP contribution in [0.5, 0.6) is 0 Å². The molecule has 32 heavy (non-hydrogen) atoms. The monoisotopic (exact) mass is 425 g/mol. The molecule has 0 saturated heterocycles. The average Bonchev–Trinajstić information content (AvgIpc) is 3.64. The summed E-state index contributed by atoms with van der Waals surface area (Å²) in [4.78, 5) is 50.5. The van der Waals surface area contributed by atoms with Gasteiger partial charge in [0.1, 0.15) is 0 Å². The summed E-state index contributed by atoms with van der Waals surface area (Å²) < 4.78 is 5.28. The zero-order valence-electron chi connectivity index (χ0n) is 17.1. The molecule has 6 nitrogen and oxygen atoms in total. The van der Waals surface area contributed by atoms with Crippen LogP contribution in [0.4, 0.5) is 5.69 Å². The minimum absolute atomic E-state index is 0.224. The van der Waals surface area contributed by atoms with E-state index in [2.05, 4.69) is 5.32 Å². The number of carbonyl (C=O) groups is 4. The molecular formula is C26H19NO5. The normalized spacial score (nSPS) is 15.4. The molecule has 6 heteroatoms. The lowest BCUT2D eigenvalue weighted by Gasteiger charge is -2.18. The second kappa shape index (κ2) is 7.57. The van der Waals surface area contributed by atoms with E-state index in [1.165, 1.54) is 12.1 Å². The number of carbonyl (C=O) groups excluding carboxylic acids is 4. The molecule has 158 valence electrons. The number of rotatable bonds is 5. The second-order valence-electron chi connectivity index (χ2n) is 8.04. The van der Waals surface area contributed by atoms with Crippen LogP contribution in [0, 0.1) is 0 Å². The molecule has 0 unspecified atom stereocenters. The molecule has 1 amide bonds. The first-order chi connectivity index (χ1) is 15.5. The molecule has 0 bridgehead atoms. The number of ketones is 2. The highest BCUT2D eigenvalue weighted by atomic mass is 16.5. The molecule has 3 aromatic carbocycles. The fraction of sp³-hybridized carbons (Fsp3) is 0.154. The highest BCUT2D eigenvalue weighted by Crippen LogP contribution is 2.49. The standard InChI is InChI=1S/C26H19NO5/c28-22(15-32-25(31)26(12-13-26)16-6-2-1-3-7-16)27-17-10-11-20-21(14-17)24(30)19-9-5-4-8-18(19)23(20)29/h1-11,14H,12-13,15H2,(H,27,28). The molecule has 1 saturated carbocycles. The Labute approximate surface area is 184 Å². The van der Waals surface area contributed by atoms with Gasteiger partial charge in [0.05, 0.1) is 5.41 Å². The molecule has 2 aliphatic carbocycles. The number of anilines is 1. The molecular weight excluding hydrogens is 406 g/mol. The number of hydrogen-bond donors (Lipinski definition) is 1. The van der Waals surface area contributed by atoms with E-state index in [-0.39, 0.29) is 17.1 Å². The number of amides is 1. The van der Waals surface area contributed by atoms with Crippen molar-refractivity contribution >= 4 is 29.1 Å². The van der Waals surface area contributed by atoms with Crippen molar-refractivity contribution in [1.82, 2.24) is 0 Å². The zero-order chi connectivity index (χ0) is 22.3. The Bertz CT molecular complexity index is 1270. The van der Waals surface area contributed by atoms with Gasteiger partial charge in [0.2, 0.25) is 0 Å². The first-order valence-corrected chi connectivity index (χ1v) is 10.3. The molecule has 1 fully saturated rings. The first-order valence-electron chi connectivity index (χ1n) is 10.3. The highest BCUT2D eigenvalue weighted by molar-refractivity contribution is 6.28. The molecule has 0 spiro atoms.